The zero-order valence-corrected chi connectivity index (χ0v) is 17.0. The van der Waals surface area contributed by atoms with E-state index in [2.05, 4.69) is 58.7 Å². The number of esters is 1. The third-order valence-corrected chi connectivity index (χ3v) is 9.66. The highest BCUT2D eigenvalue weighted by atomic mass is 28.4. The average Bonchev–Trinajstić information content (AvgIpc) is 2.42. The number of carbonyl (C=O) groups excluding carboxylic acids is 1. The summed E-state index contributed by atoms with van der Waals surface area (Å²) in [6, 6.07) is 0. The number of hydrogen-bond acceptors (Lipinski definition) is 4. The second kappa shape index (κ2) is 8.26. The lowest BCUT2D eigenvalue weighted by atomic mass is 9.99. The van der Waals surface area contributed by atoms with Gasteiger partial charge in [0.15, 0.2) is 14.4 Å². The zero-order chi connectivity index (χ0) is 18.6. The van der Waals surface area contributed by atoms with E-state index in [1.54, 1.807) is 0 Å². The van der Waals surface area contributed by atoms with E-state index in [1.165, 1.54) is 7.11 Å². The van der Waals surface area contributed by atoms with Crippen LogP contribution in [0.2, 0.25) is 18.1 Å². The van der Waals surface area contributed by atoms with E-state index in [0.717, 1.165) is 5.57 Å². The minimum atomic E-state index is -2.09. The third-order valence-electron chi connectivity index (χ3n) is 5.15. The smallest absolute Gasteiger partial charge is 0.335 e. The summed E-state index contributed by atoms with van der Waals surface area (Å²) in [6.45, 7) is 23.1. The van der Waals surface area contributed by atoms with Gasteiger partial charge in [0.25, 0.3) is 0 Å². The van der Waals surface area contributed by atoms with Crippen molar-refractivity contribution in [3.8, 4) is 0 Å². The minimum absolute atomic E-state index is 0.0575. The molecule has 134 valence electrons. The molecule has 5 heteroatoms. The molecule has 23 heavy (non-hydrogen) atoms. The van der Waals surface area contributed by atoms with Crippen LogP contribution in [-0.4, -0.2) is 38.7 Å². The monoisotopic (exact) mass is 342 g/mol. The van der Waals surface area contributed by atoms with Crippen molar-refractivity contribution in [1.29, 1.82) is 0 Å². The molecule has 0 saturated heterocycles. The molecule has 0 saturated carbocycles. The highest BCUT2D eigenvalue weighted by Crippen LogP contribution is 2.45. The highest BCUT2D eigenvalue weighted by Gasteiger charge is 2.45. The van der Waals surface area contributed by atoms with Gasteiger partial charge in [-0.3, -0.25) is 0 Å². The van der Waals surface area contributed by atoms with E-state index in [-0.39, 0.29) is 17.6 Å². The van der Waals surface area contributed by atoms with Crippen LogP contribution < -0.4 is 0 Å². The summed E-state index contributed by atoms with van der Waals surface area (Å²) < 4.78 is 11.0. The number of hydrogen-bond donors (Lipinski definition) is 1. The molecule has 0 radical (unpaired) electrons. The molecule has 0 aromatic carbocycles. The Balaban J connectivity index is 5.25. The van der Waals surface area contributed by atoms with Gasteiger partial charge in [0.1, 0.15) is 0 Å². The molecule has 1 N–H and O–H groups in total. The van der Waals surface area contributed by atoms with Gasteiger partial charge < -0.3 is 14.3 Å². The minimum Gasteiger partial charge on any atom is -0.467 e. The van der Waals surface area contributed by atoms with E-state index in [9.17, 15) is 9.90 Å². The predicted octanol–water partition coefficient (Wildman–Crippen LogP) is 4.07. The molecule has 4 nitrogen and oxygen atoms in total. The second-order valence-electron chi connectivity index (χ2n) is 7.63. The second-order valence-corrected chi connectivity index (χ2v) is 12.2. The van der Waals surface area contributed by atoms with Gasteiger partial charge in [0.05, 0.1) is 13.2 Å². The molecule has 0 heterocycles. The van der Waals surface area contributed by atoms with E-state index >= 15 is 0 Å². The average molecular weight is 343 g/mol. The van der Waals surface area contributed by atoms with Crippen LogP contribution in [0.3, 0.4) is 0 Å². The number of ether oxygens (including phenoxy) is 1. The molecule has 0 aliphatic carbocycles. The lowest BCUT2D eigenvalue weighted by Gasteiger charge is -2.45. The van der Waals surface area contributed by atoms with E-state index in [4.69, 9.17) is 4.43 Å². The Labute approximate surface area is 142 Å². The molecule has 2 atom stereocenters. The molecule has 0 aromatic rings. The zero-order valence-electron chi connectivity index (χ0n) is 16.0. The number of aliphatic hydroxyl groups excluding tert-OH is 1. The molecule has 0 unspecified atom stereocenters. The van der Waals surface area contributed by atoms with Crippen LogP contribution >= 0.6 is 0 Å². The number of methoxy groups -OCH3 is 1. The van der Waals surface area contributed by atoms with Gasteiger partial charge in [-0.05, 0) is 42.1 Å². The first kappa shape index (κ1) is 22.1. The maximum absolute atomic E-state index is 11.4. The topological polar surface area (TPSA) is 55.8 Å². The summed E-state index contributed by atoms with van der Waals surface area (Å²) in [4.78, 5) is 11.4. The van der Waals surface area contributed by atoms with Crippen LogP contribution in [0.15, 0.2) is 24.3 Å². The van der Waals surface area contributed by atoms with Crippen LogP contribution in [0.1, 0.15) is 41.0 Å². The molecule has 0 bridgehead atoms. The van der Waals surface area contributed by atoms with Gasteiger partial charge in [0, 0.05) is 6.42 Å². The molecule has 0 rings (SSSR count). The molecule has 0 fully saturated rings. The number of rotatable bonds is 9. The molecule has 0 aliphatic rings. The van der Waals surface area contributed by atoms with E-state index in [1.807, 2.05) is 6.92 Å². The molecular formula is C18H34O4Si. The fourth-order valence-corrected chi connectivity index (χ4v) is 4.90. The fraction of sp³-hybridized carbons (Fsp3) is 0.722. The standard InChI is InChI=1S/C18H34O4Si/c1-12(2)16(14(5)11-15(19)17(20)21-8)22-23(9,10)18(6,7)13(3)4/h13,15-16,19H,1,5,11H2,2-4,6-10H3/t15-,16+/m1/s1. The predicted molar refractivity (Wildman–Crippen MR) is 97.8 cm³/mol. The molecule has 0 spiro atoms. The summed E-state index contributed by atoms with van der Waals surface area (Å²) in [7, 11) is -0.836. The summed E-state index contributed by atoms with van der Waals surface area (Å²) in [5.74, 6) is -0.186. The highest BCUT2D eigenvalue weighted by molar-refractivity contribution is 6.74. The van der Waals surface area contributed by atoms with E-state index < -0.39 is 20.4 Å². The Bertz CT molecular complexity index is 452. The van der Waals surface area contributed by atoms with Gasteiger partial charge in [-0.25, -0.2) is 4.79 Å². The Hall–Kier alpha value is -0.913. The summed E-state index contributed by atoms with van der Waals surface area (Å²) >= 11 is 0. The van der Waals surface area contributed by atoms with Gasteiger partial charge in [-0.1, -0.05) is 40.9 Å². The largest absolute Gasteiger partial charge is 0.467 e. The van der Waals surface area contributed by atoms with Gasteiger partial charge in [0.2, 0.25) is 0 Å². The summed E-state index contributed by atoms with van der Waals surface area (Å²) in [5, 5.41) is 9.91. The van der Waals surface area contributed by atoms with Gasteiger partial charge in [-0.2, -0.15) is 0 Å². The molecule has 0 aromatic heterocycles. The quantitative estimate of drug-likeness (QED) is 0.390. The molecular weight excluding hydrogens is 308 g/mol. The first-order valence-corrected chi connectivity index (χ1v) is 11.0. The van der Waals surface area contributed by atoms with Crippen LogP contribution in [-0.2, 0) is 14.0 Å². The van der Waals surface area contributed by atoms with Gasteiger partial charge >= 0.3 is 5.97 Å². The Morgan fingerprint density at radius 3 is 2.09 bits per heavy atom. The van der Waals surface area contributed by atoms with Crippen molar-refractivity contribution in [2.45, 2.75) is 71.4 Å². The first-order valence-electron chi connectivity index (χ1n) is 8.04. The normalized spacial score (nSPS) is 15.2. The van der Waals surface area contributed by atoms with Crippen molar-refractivity contribution in [2.24, 2.45) is 5.92 Å². The van der Waals surface area contributed by atoms with Crippen LogP contribution in [0, 0.1) is 5.92 Å². The Kier molecular flexibility index (Phi) is 7.94. The third kappa shape index (κ3) is 5.59. The maximum Gasteiger partial charge on any atom is 0.335 e. The van der Waals surface area contributed by atoms with Crippen molar-refractivity contribution < 1.29 is 19.1 Å². The van der Waals surface area contributed by atoms with Crippen molar-refractivity contribution in [2.75, 3.05) is 7.11 Å². The SMILES string of the molecule is C=C(C)[C@H](O[Si](C)(C)C(C)(C)C(C)C)C(=C)C[C@@H](O)C(=O)OC. The Morgan fingerprint density at radius 2 is 1.74 bits per heavy atom. The summed E-state index contributed by atoms with van der Waals surface area (Å²) in [5.41, 5.74) is 1.47. The Morgan fingerprint density at radius 1 is 1.26 bits per heavy atom. The maximum atomic E-state index is 11.4. The summed E-state index contributed by atoms with van der Waals surface area (Å²) in [6.07, 6.45) is -1.48. The lowest BCUT2D eigenvalue weighted by Crippen LogP contribution is -2.48. The lowest BCUT2D eigenvalue weighted by molar-refractivity contribution is -0.150. The van der Waals surface area contributed by atoms with Crippen LogP contribution in [0.25, 0.3) is 0 Å². The fourth-order valence-electron chi connectivity index (χ4n) is 2.25. The van der Waals surface area contributed by atoms with Crippen molar-refractivity contribution >= 4 is 14.3 Å². The van der Waals surface area contributed by atoms with Crippen LogP contribution in [0.4, 0.5) is 0 Å². The number of carbonyl (C=O) groups is 1. The molecule has 0 amide bonds. The van der Waals surface area contributed by atoms with Crippen molar-refractivity contribution in [1.82, 2.24) is 0 Å². The van der Waals surface area contributed by atoms with Gasteiger partial charge in [-0.15, -0.1) is 0 Å². The van der Waals surface area contributed by atoms with Crippen molar-refractivity contribution in [3.63, 3.8) is 0 Å². The number of aliphatic hydroxyl groups is 1. The van der Waals surface area contributed by atoms with Crippen molar-refractivity contribution in [3.05, 3.63) is 24.3 Å². The van der Waals surface area contributed by atoms with Crippen LogP contribution in [0.5, 0.6) is 0 Å². The van der Waals surface area contributed by atoms with E-state index in [0.29, 0.717) is 11.5 Å². The molecule has 0 aliphatic heterocycles. The first-order chi connectivity index (χ1) is 10.3.